The van der Waals surface area contributed by atoms with Gasteiger partial charge in [0, 0.05) is 5.56 Å². The van der Waals surface area contributed by atoms with E-state index < -0.39 is 5.24 Å². The normalized spacial score (nSPS) is 10.1. The fourth-order valence-corrected chi connectivity index (χ4v) is 2.06. The second-order valence-corrected chi connectivity index (χ2v) is 3.87. The standard InChI is InChI=1S/C13H8ClNO/c1-8-10(7-15)6-9-4-2-3-5-11(9)12(8)13(14)16/h2-6H,1H3. The van der Waals surface area contributed by atoms with E-state index in [0.717, 1.165) is 10.8 Å². The van der Waals surface area contributed by atoms with E-state index in [-0.39, 0.29) is 0 Å². The van der Waals surface area contributed by atoms with E-state index in [1.54, 1.807) is 13.0 Å². The summed E-state index contributed by atoms with van der Waals surface area (Å²) in [6, 6.07) is 11.2. The molecule has 0 N–H and O–H groups in total. The van der Waals surface area contributed by atoms with Crippen LogP contribution in [0.5, 0.6) is 0 Å². The van der Waals surface area contributed by atoms with Gasteiger partial charge in [-0.2, -0.15) is 5.26 Å². The zero-order valence-corrected chi connectivity index (χ0v) is 9.38. The summed E-state index contributed by atoms with van der Waals surface area (Å²) in [6.07, 6.45) is 0. The van der Waals surface area contributed by atoms with E-state index in [2.05, 4.69) is 6.07 Å². The second kappa shape index (κ2) is 3.96. The molecule has 0 saturated carbocycles. The smallest absolute Gasteiger partial charge is 0.253 e. The van der Waals surface area contributed by atoms with Crippen LogP contribution in [-0.4, -0.2) is 5.24 Å². The molecule has 2 aromatic rings. The van der Waals surface area contributed by atoms with Crippen molar-refractivity contribution >= 4 is 27.6 Å². The largest absolute Gasteiger partial charge is 0.276 e. The lowest BCUT2D eigenvalue weighted by Crippen LogP contribution is -1.98. The molecule has 0 aliphatic carbocycles. The first kappa shape index (κ1) is 10.7. The van der Waals surface area contributed by atoms with Crippen molar-refractivity contribution in [2.75, 3.05) is 0 Å². The lowest BCUT2D eigenvalue weighted by atomic mass is 9.96. The fraction of sp³-hybridized carbons (Fsp3) is 0.0769. The third-order valence-corrected chi connectivity index (χ3v) is 2.81. The topological polar surface area (TPSA) is 40.9 Å². The minimum Gasteiger partial charge on any atom is -0.276 e. The second-order valence-electron chi connectivity index (χ2n) is 3.53. The summed E-state index contributed by atoms with van der Waals surface area (Å²) < 4.78 is 0. The summed E-state index contributed by atoms with van der Waals surface area (Å²) in [4.78, 5) is 11.4. The maximum absolute atomic E-state index is 11.4. The molecular weight excluding hydrogens is 222 g/mol. The van der Waals surface area contributed by atoms with Crippen molar-refractivity contribution in [2.24, 2.45) is 0 Å². The monoisotopic (exact) mass is 229 g/mol. The number of benzene rings is 2. The first-order valence-corrected chi connectivity index (χ1v) is 5.15. The molecule has 0 bridgehead atoms. The summed E-state index contributed by atoms with van der Waals surface area (Å²) in [5.41, 5.74) is 1.56. The van der Waals surface area contributed by atoms with E-state index in [1.165, 1.54) is 0 Å². The van der Waals surface area contributed by atoms with E-state index in [0.29, 0.717) is 16.7 Å². The Morgan fingerprint density at radius 3 is 2.69 bits per heavy atom. The van der Waals surface area contributed by atoms with Crippen LogP contribution in [0, 0.1) is 18.3 Å². The highest BCUT2D eigenvalue weighted by Crippen LogP contribution is 2.26. The molecule has 0 amide bonds. The van der Waals surface area contributed by atoms with Gasteiger partial charge in [-0.15, -0.1) is 0 Å². The van der Waals surface area contributed by atoms with Crippen molar-refractivity contribution in [3.05, 3.63) is 47.0 Å². The average Bonchev–Trinajstić information content (AvgIpc) is 2.27. The highest BCUT2D eigenvalue weighted by Gasteiger charge is 2.14. The molecule has 0 fully saturated rings. The Balaban J connectivity index is 2.98. The van der Waals surface area contributed by atoms with Crippen molar-refractivity contribution in [1.82, 2.24) is 0 Å². The summed E-state index contributed by atoms with van der Waals surface area (Å²) in [5, 5.41) is 10.1. The molecule has 0 atom stereocenters. The molecule has 0 aliphatic rings. The van der Waals surface area contributed by atoms with Crippen molar-refractivity contribution in [2.45, 2.75) is 6.92 Å². The molecule has 0 heterocycles. The molecule has 0 aliphatic heterocycles. The molecule has 0 saturated heterocycles. The number of halogens is 1. The molecule has 0 unspecified atom stereocenters. The number of nitrogens with zero attached hydrogens (tertiary/aromatic N) is 1. The molecular formula is C13H8ClNO. The number of fused-ring (bicyclic) bond motifs is 1. The maximum Gasteiger partial charge on any atom is 0.253 e. The van der Waals surface area contributed by atoms with Gasteiger partial charge in [-0.25, -0.2) is 0 Å². The number of carbonyl (C=O) groups is 1. The quantitative estimate of drug-likeness (QED) is 0.704. The minimum absolute atomic E-state index is 0.427. The van der Waals surface area contributed by atoms with Crippen LogP contribution in [0.2, 0.25) is 0 Å². The number of carbonyl (C=O) groups excluding carboxylic acids is 1. The van der Waals surface area contributed by atoms with Crippen LogP contribution in [0.25, 0.3) is 10.8 Å². The van der Waals surface area contributed by atoms with Crippen LogP contribution in [0.3, 0.4) is 0 Å². The molecule has 2 nitrogen and oxygen atoms in total. The van der Waals surface area contributed by atoms with Crippen LogP contribution >= 0.6 is 11.6 Å². The molecule has 0 spiro atoms. The highest BCUT2D eigenvalue weighted by atomic mass is 35.5. The van der Waals surface area contributed by atoms with Crippen LogP contribution < -0.4 is 0 Å². The Kier molecular flexibility index (Phi) is 2.64. The van der Waals surface area contributed by atoms with Crippen molar-refractivity contribution in [3.8, 4) is 6.07 Å². The van der Waals surface area contributed by atoms with Gasteiger partial charge in [0.05, 0.1) is 11.6 Å². The van der Waals surface area contributed by atoms with Crippen molar-refractivity contribution < 1.29 is 4.79 Å². The Bertz CT molecular complexity index is 626. The molecule has 3 heteroatoms. The van der Waals surface area contributed by atoms with Gasteiger partial charge in [0.1, 0.15) is 0 Å². The lowest BCUT2D eigenvalue weighted by Gasteiger charge is -2.07. The Morgan fingerprint density at radius 1 is 1.38 bits per heavy atom. The number of hydrogen-bond acceptors (Lipinski definition) is 2. The van der Waals surface area contributed by atoms with Gasteiger partial charge in [-0.3, -0.25) is 4.79 Å². The zero-order chi connectivity index (χ0) is 11.7. The van der Waals surface area contributed by atoms with Gasteiger partial charge in [0.25, 0.3) is 5.24 Å². The highest BCUT2D eigenvalue weighted by molar-refractivity contribution is 6.68. The van der Waals surface area contributed by atoms with Gasteiger partial charge in [0.2, 0.25) is 0 Å². The summed E-state index contributed by atoms with van der Waals surface area (Å²) in [6.45, 7) is 1.74. The van der Waals surface area contributed by atoms with E-state index >= 15 is 0 Å². The molecule has 2 rings (SSSR count). The molecule has 0 radical (unpaired) electrons. The number of nitriles is 1. The minimum atomic E-state index is -0.522. The van der Waals surface area contributed by atoms with E-state index in [4.69, 9.17) is 16.9 Å². The van der Waals surface area contributed by atoms with Crippen LogP contribution in [-0.2, 0) is 0 Å². The van der Waals surface area contributed by atoms with Gasteiger partial charge >= 0.3 is 0 Å². The van der Waals surface area contributed by atoms with Crippen LogP contribution in [0.4, 0.5) is 0 Å². The first-order chi connectivity index (χ1) is 7.65. The first-order valence-electron chi connectivity index (χ1n) is 4.77. The average molecular weight is 230 g/mol. The van der Waals surface area contributed by atoms with E-state index in [1.807, 2.05) is 24.3 Å². The van der Waals surface area contributed by atoms with Gasteiger partial charge in [-0.1, -0.05) is 24.3 Å². The van der Waals surface area contributed by atoms with Gasteiger partial charge in [0.15, 0.2) is 0 Å². The molecule has 0 aromatic heterocycles. The van der Waals surface area contributed by atoms with Gasteiger partial charge < -0.3 is 0 Å². The SMILES string of the molecule is Cc1c(C#N)cc2ccccc2c1C(=O)Cl. The van der Waals surface area contributed by atoms with Crippen LogP contribution in [0.15, 0.2) is 30.3 Å². The van der Waals surface area contributed by atoms with Crippen molar-refractivity contribution in [3.63, 3.8) is 0 Å². The molecule has 78 valence electrons. The fourth-order valence-electron chi connectivity index (χ4n) is 1.82. The Labute approximate surface area is 98.1 Å². The lowest BCUT2D eigenvalue weighted by molar-refractivity contribution is 0.108. The molecule has 16 heavy (non-hydrogen) atoms. The zero-order valence-electron chi connectivity index (χ0n) is 8.62. The summed E-state index contributed by atoms with van der Waals surface area (Å²) >= 11 is 5.57. The number of rotatable bonds is 1. The number of hydrogen-bond donors (Lipinski definition) is 0. The predicted octanol–water partition coefficient (Wildman–Crippen LogP) is 3.40. The van der Waals surface area contributed by atoms with Crippen LogP contribution in [0.1, 0.15) is 21.5 Å². The Hall–Kier alpha value is -1.85. The van der Waals surface area contributed by atoms with Gasteiger partial charge in [-0.05, 0) is 40.9 Å². The maximum atomic E-state index is 11.4. The predicted molar refractivity (Wildman–Crippen MR) is 63.6 cm³/mol. The molecule has 2 aromatic carbocycles. The third kappa shape index (κ3) is 1.56. The third-order valence-electron chi connectivity index (χ3n) is 2.63. The van der Waals surface area contributed by atoms with E-state index in [9.17, 15) is 4.79 Å². The summed E-state index contributed by atoms with van der Waals surface area (Å²) in [7, 11) is 0. The Morgan fingerprint density at radius 2 is 2.06 bits per heavy atom. The summed E-state index contributed by atoms with van der Waals surface area (Å²) in [5.74, 6) is 0. The van der Waals surface area contributed by atoms with Crippen molar-refractivity contribution in [1.29, 1.82) is 5.26 Å².